The Morgan fingerprint density at radius 3 is 2.81 bits per heavy atom. The van der Waals surface area contributed by atoms with Crippen LogP contribution >= 0.6 is 0 Å². The maximum atomic E-state index is 13.4. The number of allylic oxidation sites excluding steroid dienone is 4. The van der Waals surface area contributed by atoms with Gasteiger partial charge in [0.25, 0.3) is 0 Å². The summed E-state index contributed by atoms with van der Waals surface area (Å²) in [5.41, 5.74) is -0.625. The van der Waals surface area contributed by atoms with Crippen LogP contribution in [0.25, 0.3) is 0 Å². The number of hydrogen-bond acceptors (Lipinski definition) is 6. The SMILES string of the molecule is CCCC1OC2CC3C4CCC5=CC(=O)C=CC5(C)C4C(OC)CC3(C)C2(C(=O)CO)O1. The maximum absolute atomic E-state index is 13.4. The summed E-state index contributed by atoms with van der Waals surface area (Å²) in [6, 6.07) is 0. The van der Waals surface area contributed by atoms with Crippen molar-refractivity contribution >= 4 is 11.6 Å². The van der Waals surface area contributed by atoms with E-state index in [0.29, 0.717) is 12.3 Å². The minimum atomic E-state index is -1.12. The Balaban J connectivity index is 1.58. The third-order valence-corrected chi connectivity index (χ3v) is 9.65. The molecule has 9 unspecified atom stereocenters. The molecule has 0 radical (unpaired) electrons. The first-order valence-electron chi connectivity index (χ1n) is 12.2. The number of aliphatic hydroxyl groups is 1. The number of carbonyl (C=O) groups is 2. The Morgan fingerprint density at radius 1 is 1.34 bits per heavy atom. The normalized spacial score (nSPS) is 49.2. The molecule has 0 aromatic heterocycles. The molecule has 6 nitrogen and oxygen atoms in total. The number of ether oxygens (including phenoxy) is 3. The molecule has 1 N–H and O–H groups in total. The number of fused-ring (bicyclic) bond motifs is 7. The van der Waals surface area contributed by atoms with E-state index in [1.54, 1.807) is 13.2 Å². The van der Waals surface area contributed by atoms with E-state index in [0.717, 1.165) is 32.1 Å². The fourth-order valence-electron chi connectivity index (χ4n) is 8.31. The molecule has 4 aliphatic carbocycles. The summed E-state index contributed by atoms with van der Waals surface area (Å²) in [5.74, 6) is 0.583. The molecule has 0 aromatic rings. The van der Waals surface area contributed by atoms with Crippen molar-refractivity contribution in [3.05, 3.63) is 23.8 Å². The van der Waals surface area contributed by atoms with E-state index in [2.05, 4.69) is 26.8 Å². The van der Waals surface area contributed by atoms with E-state index < -0.39 is 23.9 Å². The van der Waals surface area contributed by atoms with E-state index >= 15 is 0 Å². The van der Waals surface area contributed by atoms with Crippen LogP contribution in [-0.2, 0) is 23.8 Å². The molecule has 3 saturated carbocycles. The number of Topliss-reactive ketones (excluding diaryl/α,β-unsaturated/α-hetero) is 1. The van der Waals surface area contributed by atoms with Crippen LogP contribution in [-0.4, -0.2) is 54.5 Å². The number of hydrogen-bond donors (Lipinski definition) is 1. The average molecular weight is 445 g/mol. The zero-order valence-electron chi connectivity index (χ0n) is 19.6. The van der Waals surface area contributed by atoms with Crippen molar-refractivity contribution in [2.75, 3.05) is 13.7 Å². The van der Waals surface area contributed by atoms with E-state index in [4.69, 9.17) is 14.2 Å². The first-order valence-corrected chi connectivity index (χ1v) is 12.2. The molecular weight excluding hydrogens is 408 g/mol. The van der Waals surface area contributed by atoms with Crippen LogP contribution in [0.15, 0.2) is 23.8 Å². The molecule has 5 aliphatic rings. The molecule has 9 atom stereocenters. The van der Waals surface area contributed by atoms with Crippen LogP contribution in [0.4, 0.5) is 0 Å². The summed E-state index contributed by atoms with van der Waals surface area (Å²) < 4.78 is 19.0. The summed E-state index contributed by atoms with van der Waals surface area (Å²) in [7, 11) is 1.75. The van der Waals surface area contributed by atoms with Gasteiger partial charge in [-0.3, -0.25) is 9.59 Å². The van der Waals surface area contributed by atoms with E-state index in [-0.39, 0.29) is 41.0 Å². The predicted molar refractivity (Wildman–Crippen MR) is 118 cm³/mol. The van der Waals surface area contributed by atoms with Crippen molar-refractivity contribution in [3.63, 3.8) is 0 Å². The number of methoxy groups -OCH3 is 1. The van der Waals surface area contributed by atoms with Gasteiger partial charge in [0, 0.05) is 23.9 Å². The Labute approximate surface area is 190 Å². The molecule has 0 spiro atoms. The van der Waals surface area contributed by atoms with Crippen LogP contribution in [0.2, 0.25) is 0 Å². The van der Waals surface area contributed by atoms with Crippen molar-refractivity contribution in [2.24, 2.45) is 28.6 Å². The summed E-state index contributed by atoms with van der Waals surface area (Å²) >= 11 is 0. The highest BCUT2D eigenvalue weighted by Crippen LogP contribution is 2.70. The number of carbonyl (C=O) groups excluding carboxylic acids is 2. The van der Waals surface area contributed by atoms with Gasteiger partial charge in [-0.05, 0) is 56.1 Å². The van der Waals surface area contributed by atoms with Gasteiger partial charge in [-0.1, -0.05) is 38.8 Å². The molecule has 6 heteroatoms. The first-order chi connectivity index (χ1) is 15.2. The van der Waals surface area contributed by atoms with Crippen molar-refractivity contribution in [3.8, 4) is 0 Å². The third-order valence-electron chi connectivity index (χ3n) is 9.65. The molecule has 1 aliphatic heterocycles. The molecule has 0 amide bonds. The first kappa shape index (κ1) is 22.5. The quantitative estimate of drug-likeness (QED) is 0.700. The van der Waals surface area contributed by atoms with Crippen molar-refractivity contribution < 1.29 is 28.9 Å². The summed E-state index contributed by atoms with van der Waals surface area (Å²) in [4.78, 5) is 25.4. The second-order valence-corrected chi connectivity index (χ2v) is 10.9. The topological polar surface area (TPSA) is 82.1 Å². The monoisotopic (exact) mass is 444 g/mol. The van der Waals surface area contributed by atoms with Gasteiger partial charge in [0.05, 0.1) is 12.2 Å². The molecule has 5 rings (SSSR count). The fourth-order valence-corrected chi connectivity index (χ4v) is 8.31. The van der Waals surface area contributed by atoms with Crippen LogP contribution in [0.3, 0.4) is 0 Å². The summed E-state index contributed by atoms with van der Waals surface area (Å²) in [5, 5.41) is 9.97. The lowest BCUT2D eigenvalue weighted by Gasteiger charge is -2.60. The second kappa shape index (κ2) is 7.59. The zero-order valence-corrected chi connectivity index (χ0v) is 19.6. The molecule has 0 bridgehead atoms. The molecule has 176 valence electrons. The third kappa shape index (κ3) is 2.73. The van der Waals surface area contributed by atoms with Crippen molar-refractivity contribution in [1.29, 1.82) is 0 Å². The Hall–Kier alpha value is -1.34. The molecule has 32 heavy (non-hydrogen) atoms. The minimum Gasteiger partial charge on any atom is -0.388 e. The van der Waals surface area contributed by atoms with Gasteiger partial charge >= 0.3 is 0 Å². The van der Waals surface area contributed by atoms with E-state index in [1.165, 1.54) is 5.57 Å². The van der Waals surface area contributed by atoms with Gasteiger partial charge in [-0.25, -0.2) is 0 Å². The smallest absolute Gasteiger partial charge is 0.193 e. The van der Waals surface area contributed by atoms with Crippen molar-refractivity contribution in [2.45, 2.75) is 83.4 Å². The Kier molecular flexibility index (Phi) is 5.32. The van der Waals surface area contributed by atoms with Gasteiger partial charge in [0.1, 0.15) is 6.61 Å². The Morgan fingerprint density at radius 2 is 2.12 bits per heavy atom. The molecule has 1 saturated heterocycles. The average Bonchev–Trinajstić information content (AvgIpc) is 3.25. The van der Waals surface area contributed by atoms with Crippen molar-refractivity contribution in [1.82, 2.24) is 0 Å². The minimum absolute atomic E-state index is 0.0669. The van der Waals surface area contributed by atoms with Gasteiger partial charge < -0.3 is 19.3 Å². The van der Waals surface area contributed by atoms with Crippen LogP contribution < -0.4 is 0 Å². The van der Waals surface area contributed by atoms with Crippen LogP contribution in [0, 0.1) is 28.6 Å². The molecule has 1 heterocycles. The lowest BCUT2D eigenvalue weighted by molar-refractivity contribution is -0.203. The fraction of sp³-hybridized carbons (Fsp3) is 0.769. The zero-order chi connectivity index (χ0) is 22.9. The number of ketones is 2. The lowest BCUT2D eigenvalue weighted by atomic mass is 9.46. The number of aliphatic hydroxyl groups excluding tert-OH is 1. The standard InChI is InChI=1S/C26H36O6/c1-5-6-22-31-21-12-18-17-8-7-15-11-16(28)9-10-24(15,2)23(17)19(30-4)13-25(18,3)26(21,32-22)20(29)14-27/h9-11,17-19,21-23,27H,5-8,12-14H2,1-4H3. The maximum Gasteiger partial charge on any atom is 0.193 e. The molecule has 4 fully saturated rings. The highest BCUT2D eigenvalue weighted by atomic mass is 16.7. The highest BCUT2D eigenvalue weighted by molar-refractivity contribution is 6.01. The van der Waals surface area contributed by atoms with Crippen LogP contribution in [0.1, 0.15) is 59.3 Å². The summed E-state index contributed by atoms with van der Waals surface area (Å²) in [6.07, 6.45) is 9.71. The van der Waals surface area contributed by atoms with Gasteiger partial charge in [-0.2, -0.15) is 0 Å². The number of rotatable bonds is 5. The van der Waals surface area contributed by atoms with E-state index in [9.17, 15) is 14.7 Å². The summed E-state index contributed by atoms with van der Waals surface area (Å²) in [6.45, 7) is 5.94. The largest absolute Gasteiger partial charge is 0.388 e. The second-order valence-electron chi connectivity index (χ2n) is 10.9. The lowest BCUT2D eigenvalue weighted by Crippen LogP contribution is -2.63. The van der Waals surface area contributed by atoms with E-state index in [1.807, 2.05) is 6.08 Å². The van der Waals surface area contributed by atoms with Gasteiger partial charge in [0.15, 0.2) is 23.5 Å². The predicted octanol–water partition coefficient (Wildman–Crippen LogP) is 3.37. The Bertz CT molecular complexity index is 878. The molecule has 0 aromatic carbocycles. The molecular formula is C26H36O6. The van der Waals surface area contributed by atoms with Gasteiger partial charge in [-0.15, -0.1) is 0 Å². The highest BCUT2D eigenvalue weighted by Gasteiger charge is 2.75. The van der Waals surface area contributed by atoms with Gasteiger partial charge in [0.2, 0.25) is 0 Å². The van der Waals surface area contributed by atoms with Crippen LogP contribution in [0.5, 0.6) is 0 Å².